The molecule has 1 saturated carbocycles. The minimum Gasteiger partial charge on any atom is -0.302 e. The minimum absolute atomic E-state index is 0.0944. The number of aromatic nitrogens is 1. The second kappa shape index (κ2) is 5.78. The fourth-order valence-corrected chi connectivity index (χ4v) is 3.40. The molecule has 0 spiro atoms. The monoisotopic (exact) mass is 320 g/mol. The zero-order valence-electron chi connectivity index (χ0n) is 12.0. The Morgan fingerprint density at radius 3 is 3.00 bits per heavy atom. The summed E-state index contributed by atoms with van der Waals surface area (Å²) in [4.78, 5) is 17.3. The van der Waals surface area contributed by atoms with Gasteiger partial charge in [0.1, 0.15) is 0 Å². The Labute approximate surface area is 133 Å². The van der Waals surface area contributed by atoms with Crippen LogP contribution in [0.25, 0.3) is 0 Å². The molecule has 2 aromatic rings. The van der Waals surface area contributed by atoms with Crippen LogP contribution in [-0.2, 0) is 11.2 Å². The maximum atomic E-state index is 11.9. The molecule has 2 unspecified atom stereocenters. The molecule has 1 fully saturated rings. The van der Waals surface area contributed by atoms with Crippen molar-refractivity contribution in [2.45, 2.75) is 26.7 Å². The number of carbonyl (C=O) groups excluding carboxylic acids is 1. The lowest BCUT2D eigenvalue weighted by atomic mass is 10.1. The van der Waals surface area contributed by atoms with Crippen molar-refractivity contribution in [3.8, 4) is 0 Å². The maximum absolute atomic E-state index is 11.9. The predicted molar refractivity (Wildman–Crippen MR) is 87.0 cm³/mol. The fourth-order valence-electron chi connectivity index (χ4n) is 2.36. The third kappa shape index (κ3) is 3.27. The summed E-state index contributed by atoms with van der Waals surface area (Å²) in [6, 6.07) is 6.04. The molecular weight excluding hydrogens is 304 g/mol. The number of amides is 1. The molecule has 3 rings (SSSR count). The minimum atomic E-state index is 0.0944. The SMILES string of the molecule is Cc1cccc(Cc2cnc(NC(=O)C3CC3C)s2)c1Cl. The predicted octanol–water partition coefficient (Wildman–Crippen LogP) is 4.29. The summed E-state index contributed by atoms with van der Waals surface area (Å²) in [7, 11) is 0. The summed E-state index contributed by atoms with van der Waals surface area (Å²) >= 11 is 7.83. The van der Waals surface area contributed by atoms with Crippen LogP contribution in [0.3, 0.4) is 0 Å². The molecular formula is C16H17ClN2OS. The molecule has 0 radical (unpaired) electrons. The number of anilines is 1. The van der Waals surface area contributed by atoms with Crippen molar-refractivity contribution in [3.63, 3.8) is 0 Å². The molecule has 0 saturated heterocycles. The van der Waals surface area contributed by atoms with Gasteiger partial charge in [0.25, 0.3) is 0 Å². The van der Waals surface area contributed by atoms with Crippen molar-refractivity contribution in [2.24, 2.45) is 11.8 Å². The normalized spacial score (nSPS) is 20.3. The summed E-state index contributed by atoms with van der Waals surface area (Å²) in [6.07, 6.45) is 3.55. The number of rotatable bonds is 4. The average Bonchev–Trinajstić information content (AvgIpc) is 3.02. The molecule has 1 amide bonds. The number of hydrogen-bond acceptors (Lipinski definition) is 3. The number of nitrogens with one attached hydrogen (secondary N) is 1. The van der Waals surface area contributed by atoms with Gasteiger partial charge in [-0.15, -0.1) is 11.3 Å². The smallest absolute Gasteiger partial charge is 0.229 e. The van der Waals surface area contributed by atoms with Crippen molar-refractivity contribution in [1.82, 2.24) is 4.98 Å². The Balaban J connectivity index is 1.67. The summed E-state index contributed by atoms with van der Waals surface area (Å²) in [6.45, 7) is 4.10. The largest absolute Gasteiger partial charge is 0.302 e. The molecule has 0 aliphatic heterocycles. The molecule has 0 bridgehead atoms. The van der Waals surface area contributed by atoms with Crippen molar-refractivity contribution in [2.75, 3.05) is 5.32 Å². The van der Waals surface area contributed by atoms with Crippen molar-refractivity contribution >= 4 is 34.0 Å². The van der Waals surface area contributed by atoms with Crippen LogP contribution in [0.4, 0.5) is 5.13 Å². The van der Waals surface area contributed by atoms with Gasteiger partial charge in [0.2, 0.25) is 5.91 Å². The van der Waals surface area contributed by atoms with E-state index in [-0.39, 0.29) is 11.8 Å². The second-order valence-corrected chi connectivity index (χ2v) is 7.16. The highest BCUT2D eigenvalue weighted by atomic mass is 35.5. The fraction of sp³-hybridized carbons (Fsp3) is 0.375. The van der Waals surface area contributed by atoms with E-state index >= 15 is 0 Å². The Bertz CT molecular complexity index is 683. The third-order valence-electron chi connectivity index (χ3n) is 3.87. The average molecular weight is 321 g/mol. The van der Waals surface area contributed by atoms with Gasteiger partial charge in [0.05, 0.1) is 0 Å². The molecule has 1 heterocycles. The van der Waals surface area contributed by atoms with E-state index in [9.17, 15) is 4.79 Å². The zero-order valence-corrected chi connectivity index (χ0v) is 13.6. The number of halogens is 1. The number of benzene rings is 1. The lowest BCUT2D eigenvalue weighted by Crippen LogP contribution is -2.13. The summed E-state index contributed by atoms with van der Waals surface area (Å²) in [5.41, 5.74) is 2.17. The molecule has 1 aliphatic carbocycles. The first kappa shape index (κ1) is 14.5. The molecule has 21 heavy (non-hydrogen) atoms. The lowest BCUT2D eigenvalue weighted by Gasteiger charge is -2.04. The highest BCUT2D eigenvalue weighted by molar-refractivity contribution is 7.15. The number of hydrogen-bond donors (Lipinski definition) is 1. The van der Waals surface area contributed by atoms with E-state index in [0.29, 0.717) is 11.0 Å². The summed E-state index contributed by atoms with van der Waals surface area (Å²) in [5, 5.41) is 4.39. The molecule has 2 atom stereocenters. The van der Waals surface area contributed by atoms with Crippen LogP contribution in [0.2, 0.25) is 5.02 Å². The summed E-state index contributed by atoms with van der Waals surface area (Å²) in [5.74, 6) is 0.774. The highest BCUT2D eigenvalue weighted by Crippen LogP contribution is 2.38. The van der Waals surface area contributed by atoms with Gasteiger partial charge in [-0.25, -0.2) is 4.98 Å². The van der Waals surface area contributed by atoms with E-state index in [0.717, 1.165) is 33.9 Å². The van der Waals surface area contributed by atoms with Crippen LogP contribution < -0.4 is 5.32 Å². The van der Waals surface area contributed by atoms with E-state index in [1.165, 1.54) is 11.3 Å². The van der Waals surface area contributed by atoms with Gasteiger partial charge >= 0.3 is 0 Å². The second-order valence-electron chi connectivity index (χ2n) is 5.67. The van der Waals surface area contributed by atoms with Crippen LogP contribution in [0.15, 0.2) is 24.4 Å². The standard InChI is InChI=1S/C16H17ClN2OS/c1-9-4-3-5-11(14(9)17)7-12-8-18-16(21-12)19-15(20)13-6-10(13)2/h3-5,8,10,13H,6-7H2,1-2H3,(H,18,19,20). The van der Waals surface area contributed by atoms with Crippen LogP contribution in [0.1, 0.15) is 29.3 Å². The van der Waals surface area contributed by atoms with Gasteiger partial charge in [-0.3, -0.25) is 4.79 Å². The maximum Gasteiger partial charge on any atom is 0.229 e. The van der Waals surface area contributed by atoms with Crippen LogP contribution in [-0.4, -0.2) is 10.9 Å². The van der Waals surface area contributed by atoms with E-state index in [2.05, 4.69) is 17.2 Å². The first-order valence-electron chi connectivity index (χ1n) is 7.04. The van der Waals surface area contributed by atoms with Gasteiger partial charge in [-0.2, -0.15) is 0 Å². The number of thiazole rings is 1. The molecule has 1 N–H and O–H groups in total. The van der Waals surface area contributed by atoms with Crippen molar-refractivity contribution < 1.29 is 4.79 Å². The van der Waals surface area contributed by atoms with Crippen LogP contribution in [0.5, 0.6) is 0 Å². The molecule has 1 aromatic carbocycles. The molecule has 5 heteroatoms. The number of carbonyl (C=O) groups is 1. The van der Waals surface area contributed by atoms with E-state index < -0.39 is 0 Å². The topological polar surface area (TPSA) is 42.0 Å². The van der Waals surface area contributed by atoms with Gasteiger partial charge < -0.3 is 5.32 Å². The van der Waals surface area contributed by atoms with Crippen LogP contribution >= 0.6 is 22.9 Å². The molecule has 110 valence electrons. The van der Waals surface area contributed by atoms with Gasteiger partial charge in [-0.1, -0.05) is 36.7 Å². The Kier molecular flexibility index (Phi) is 4.00. The summed E-state index contributed by atoms with van der Waals surface area (Å²) < 4.78 is 0. The van der Waals surface area contributed by atoms with Crippen molar-refractivity contribution in [3.05, 3.63) is 45.4 Å². The van der Waals surface area contributed by atoms with Crippen LogP contribution in [0, 0.1) is 18.8 Å². The Morgan fingerprint density at radius 2 is 2.29 bits per heavy atom. The zero-order chi connectivity index (χ0) is 15.0. The first-order valence-corrected chi connectivity index (χ1v) is 8.23. The Morgan fingerprint density at radius 1 is 1.52 bits per heavy atom. The third-order valence-corrected chi connectivity index (χ3v) is 5.32. The molecule has 1 aliphatic rings. The lowest BCUT2D eigenvalue weighted by molar-refractivity contribution is -0.117. The van der Waals surface area contributed by atoms with Gasteiger partial charge in [0.15, 0.2) is 5.13 Å². The van der Waals surface area contributed by atoms with Gasteiger partial charge in [0, 0.05) is 28.4 Å². The quantitative estimate of drug-likeness (QED) is 0.913. The van der Waals surface area contributed by atoms with Gasteiger partial charge in [-0.05, 0) is 30.4 Å². The first-order chi connectivity index (χ1) is 10.0. The van der Waals surface area contributed by atoms with E-state index in [1.54, 1.807) is 0 Å². The van der Waals surface area contributed by atoms with E-state index in [1.807, 2.05) is 31.3 Å². The highest BCUT2D eigenvalue weighted by Gasteiger charge is 2.39. The Hall–Kier alpha value is -1.39. The molecule has 3 nitrogen and oxygen atoms in total. The van der Waals surface area contributed by atoms with E-state index in [4.69, 9.17) is 11.6 Å². The number of nitrogens with zero attached hydrogens (tertiary/aromatic N) is 1. The van der Waals surface area contributed by atoms with Crippen molar-refractivity contribution in [1.29, 1.82) is 0 Å². The molecule has 1 aromatic heterocycles. The number of aryl methyl sites for hydroxylation is 1.